The molecule has 0 amide bonds. The van der Waals surface area contributed by atoms with Crippen LogP contribution < -0.4 is 0 Å². The SMILES string of the molecule is Cc1cnc(-c2[c-]ccc3c2oc2ncccc23)cc1-c1c(C)cc(-c2ccc(-c3cnccn3)cc2)cc1C.[2H]C([2H])([2H])c1c[c-]c(-c2ccc(C([2H])(C)C)cn2)cc1.[Ir]. The molecule has 0 N–H and O–H groups in total. The number of aromatic nitrogens is 5. The first-order chi connectivity index (χ1) is 28.7. The van der Waals surface area contributed by atoms with Crippen molar-refractivity contribution in [2.75, 3.05) is 0 Å². The van der Waals surface area contributed by atoms with Gasteiger partial charge < -0.3 is 14.4 Å². The predicted molar refractivity (Wildman–Crippen MR) is 227 cm³/mol. The Bertz CT molecular complexity index is 2880. The summed E-state index contributed by atoms with van der Waals surface area (Å²) in [5.74, 6) is -0.680. The molecular weight excluding hydrogens is 879 g/mol. The first-order valence-electron chi connectivity index (χ1n) is 20.4. The Morgan fingerprint density at radius 1 is 0.667 bits per heavy atom. The molecule has 0 saturated carbocycles. The molecule has 0 saturated heterocycles. The van der Waals surface area contributed by atoms with Gasteiger partial charge in [-0.15, -0.1) is 53.6 Å². The van der Waals surface area contributed by atoms with Crippen LogP contribution in [-0.4, -0.2) is 24.9 Å². The number of fused-ring (bicyclic) bond motifs is 3. The number of aryl methyl sites for hydroxylation is 4. The molecule has 283 valence electrons. The van der Waals surface area contributed by atoms with Crippen molar-refractivity contribution in [1.29, 1.82) is 0 Å². The van der Waals surface area contributed by atoms with Gasteiger partial charge in [-0.25, -0.2) is 4.98 Å². The molecule has 0 bridgehead atoms. The van der Waals surface area contributed by atoms with Gasteiger partial charge in [0, 0.05) is 67.5 Å². The van der Waals surface area contributed by atoms with Gasteiger partial charge in [0.15, 0.2) is 0 Å². The van der Waals surface area contributed by atoms with Crippen LogP contribution in [-0.2, 0) is 20.1 Å². The molecule has 4 aromatic carbocycles. The summed E-state index contributed by atoms with van der Waals surface area (Å²) < 4.78 is 36.1. The van der Waals surface area contributed by atoms with Crippen molar-refractivity contribution >= 4 is 22.1 Å². The van der Waals surface area contributed by atoms with E-state index in [9.17, 15) is 0 Å². The largest absolute Gasteiger partial charge is 0.486 e. The van der Waals surface area contributed by atoms with Crippen molar-refractivity contribution in [3.8, 4) is 56.0 Å². The van der Waals surface area contributed by atoms with Gasteiger partial charge in [-0.05, 0) is 94.7 Å². The van der Waals surface area contributed by atoms with E-state index in [2.05, 4.69) is 95.3 Å². The zero-order chi connectivity index (χ0) is 42.2. The van der Waals surface area contributed by atoms with Crippen molar-refractivity contribution in [3.05, 3.63) is 174 Å². The van der Waals surface area contributed by atoms with Gasteiger partial charge in [0.1, 0.15) is 0 Å². The van der Waals surface area contributed by atoms with Gasteiger partial charge >= 0.3 is 0 Å². The summed E-state index contributed by atoms with van der Waals surface area (Å²) in [7, 11) is 0. The number of hydrogen-bond donors (Lipinski definition) is 0. The van der Waals surface area contributed by atoms with Crippen LogP contribution in [0.3, 0.4) is 0 Å². The molecule has 5 heterocycles. The maximum absolute atomic E-state index is 7.93. The van der Waals surface area contributed by atoms with Crippen molar-refractivity contribution in [3.63, 3.8) is 0 Å². The van der Waals surface area contributed by atoms with Gasteiger partial charge in [-0.2, -0.15) is 0 Å². The Kier molecular flexibility index (Phi) is 10.1. The molecule has 0 aliphatic rings. The molecule has 6 nitrogen and oxygen atoms in total. The van der Waals surface area contributed by atoms with E-state index in [1.165, 1.54) is 28.3 Å². The third-order valence-corrected chi connectivity index (χ3v) is 9.88. The fourth-order valence-electron chi connectivity index (χ4n) is 6.97. The quantitative estimate of drug-likeness (QED) is 0.155. The summed E-state index contributed by atoms with van der Waals surface area (Å²) in [5.41, 5.74) is 15.8. The third kappa shape index (κ3) is 8.22. The first kappa shape index (κ1) is 34.1. The van der Waals surface area contributed by atoms with E-state index in [1.54, 1.807) is 57.0 Å². The summed E-state index contributed by atoms with van der Waals surface area (Å²) >= 11 is 0. The summed E-state index contributed by atoms with van der Waals surface area (Å²) in [4.78, 5) is 22.1. The molecule has 0 aliphatic carbocycles. The zero-order valence-electron chi connectivity index (χ0n) is 36.2. The monoisotopic (exact) mass is 924 g/mol. The van der Waals surface area contributed by atoms with E-state index in [4.69, 9.17) is 14.9 Å². The minimum absolute atomic E-state index is 0. The summed E-state index contributed by atoms with van der Waals surface area (Å²) in [6, 6.07) is 37.8. The van der Waals surface area contributed by atoms with Crippen LogP contribution in [0.2, 0.25) is 0 Å². The maximum atomic E-state index is 7.93. The third-order valence-electron chi connectivity index (χ3n) is 9.88. The van der Waals surface area contributed by atoms with E-state index in [0.29, 0.717) is 5.71 Å². The average molecular weight is 924 g/mol. The molecule has 5 aromatic heterocycles. The number of pyridine rings is 3. The number of furan rings is 1. The number of nitrogens with zero attached hydrogens (tertiary/aromatic N) is 5. The van der Waals surface area contributed by atoms with Crippen LogP contribution in [0, 0.1) is 39.8 Å². The van der Waals surface area contributed by atoms with Gasteiger partial charge in [-0.3, -0.25) is 9.97 Å². The minimum atomic E-state index is -2.11. The fourth-order valence-corrected chi connectivity index (χ4v) is 6.97. The minimum Gasteiger partial charge on any atom is -0.486 e. The van der Waals surface area contributed by atoms with E-state index in [0.717, 1.165) is 72.4 Å². The molecule has 0 unspecified atom stereocenters. The maximum Gasteiger partial charge on any atom is 0.216 e. The van der Waals surface area contributed by atoms with E-state index in [1.807, 2.05) is 42.6 Å². The molecule has 0 spiro atoms. The molecule has 0 fully saturated rings. The van der Waals surface area contributed by atoms with Gasteiger partial charge in [0.2, 0.25) is 5.71 Å². The van der Waals surface area contributed by atoms with Crippen molar-refractivity contribution < 1.29 is 30.0 Å². The second kappa shape index (κ2) is 16.9. The molecule has 1 radical (unpaired) electrons. The van der Waals surface area contributed by atoms with Crippen LogP contribution >= 0.6 is 0 Å². The molecule has 0 atom stereocenters. The number of hydrogen-bond acceptors (Lipinski definition) is 6. The zero-order valence-corrected chi connectivity index (χ0v) is 34.6. The molecular formula is C50H41IrN5O-2. The summed E-state index contributed by atoms with van der Waals surface area (Å²) in [6.45, 7) is 7.97. The van der Waals surface area contributed by atoms with Crippen LogP contribution in [0.1, 0.15) is 53.0 Å². The molecule has 57 heavy (non-hydrogen) atoms. The van der Waals surface area contributed by atoms with Gasteiger partial charge in [0.05, 0.1) is 17.5 Å². The van der Waals surface area contributed by atoms with Crippen LogP contribution in [0.25, 0.3) is 78.1 Å². The van der Waals surface area contributed by atoms with E-state index < -0.39 is 12.7 Å². The molecule has 7 heteroatoms. The van der Waals surface area contributed by atoms with Crippen LogP contribution in [0.5, 0.6) is 0 Å². The fraction of sp³-hybridized carbons (Fsp3) is 0.140. The second-order valence-electron chi connectivity index (χ2n) is 14.0. The van der Waals surface area contributed by atoms with E-state index >= 15 is 0 Å². The second-order valence-corrected chi connectivity index (χ2v) is 14.0. The first-order valence-corrected chi connectivity index (χ1v) is 18.4. The molecule has 9 aromatic rings. The van der Waals surface area contributed by atoms with Gasteiger partial charge in [0.25, 0.3) is 0 Å². The van der Waals surface area contributed by atoms with Crippen molar-refractivity contribution in [1.82, 2.24) is 24.9 Å². The number of rotatable bonds is 6. The Labute approximate surface area is 353 Å². The number of benzene rings is 4. The van der Waals surface area contributed by atoms with Crippen molar-refractivity contribution in [2.24, 2.45) is 0 Å². The van der Waals surface area contributed by atoms with Crippen LogP contribution in [0.4, 0.5) is 0 Å². The normalized spacial score (nSPS) is 12.4. The Morgan fingerprint density at radius 2 is 1.46 bits per heavy atom. The Morgan fingerprint density at radius 3 is 2.14 bits per heavy atom. The van der Waals surface area contributed by atoms with Gasteiger partial charge in [-0.1, -0.05) is 86.2 Å². The summed E-state index contributed by atoms with van der Waals surface area (Å²) in [6.07, 6.45) is 10.6. The summed E-state index contributed by atoms with van der Waals surface area (Å²) in [5, 5.41) is 2.01. The average Bonchev–Trinajstić information content (AvgIpc) is 3.63. The standard InChI is InChI=1S/C35H25N4O.C15H16N.Ir/c1-21-16-26(24-9-11-25(12-10-24)32-20-36-14-15-37-32)17-22(2)33(21)30-18-31(39-19-23(30)3)29-7-4-6-27-28-8-5-13-38-35(28)40-34(27)29;1-11(2)14-8-9-15(16-10-14)13-6-4-12(3)5-7-13;/h4-6,8-20H,1-3H3;4-6,8-11H,1-3H3;/q2*-1;/i;3D3,11D;. The molecule has 9 rings (SSSR count). The van der Waals surface area contributed by atoms with E-state index in [-0.39, 0.29) is 25.7 Å². The van der Waals surface area contributed by atoms with Crippen LogP contribution in [0.15, 0.2) is 139 Å². The van der Waals surface area contributed by atoms with Crippen molar-refractivity contribution in [2.45, 2.75) is 47.4 Å². The molecule has 0 aliphatic heterocycles. The smallest absolute Gasteiger partial charge is 0.216 e. The topological polar surface area (TPSA) is 77.6 Å². The Hall–Kier alpha value is -6.14. The Balaban J connectivity index is 0.000000226. The predicted octanol–water partition coefficient (Wildman–Crippen LogP) is 12.5.